The molecule has 0 fully saturated rings. The largest absolute Gasteiger partial charge is 0.497 e. The van der Waals surface area contributed by atoms with Gasteiger partial charge in [0.25, 0.3) is 0 Å². The van der Waals surface area contributed by atoms with Crippen LogP contribution in [0.1, 0.15) is 25.0 Å². The van der Waals surface area contributed by atoms with Gasteiger partial charge >= 0.3 is 0 Å². The van der Waals surface area contributed by atoms with E-state index in [2.05, 4.69) is 0 Å². The molecule has 2 unspecified atom stereocenters. The monoisotopic (exact) mass is 357 g/mol. The molecule has 0 radical (unpaired) electrons. The van der Waals surface area contributed by atoms with E-state index in [1.54, 1.807) is 19.2 Å². The van der Waals surface area contributed by atoms with Gasteiger partial charge in [0.15, 0.2) is 0 Å². The fraction of sp³-hybridized carbons (Fsp3) is 0.364. The molecule has 2 atom stereocenters. The van der Waals surface area contributed by atoms with Crippen LogP contribution in [-0.2, 0) is 5.60 Å². The summed E-state index contributed by atoms with van der Waals surface area (Å²) in [6, 6.07) is 13.8. The number of benzene rings is 2. The standard InChI is InChI=1S/C22H28FNO2/c1-16(14-18-6-12-21(26-5)13-7-18)22(25,17(2)15-24(3)4)19-8-10-20(23)11-9-19/h6-14,17,25H,15H2,1-5H3. The number of aliphatic hydroxyl groups is 1. The zero-order chi connectivity index (χ0) is 19.3. The van der Waals surface area contributed by atoms with Gasteiger partial charge in [-0.2, -0.15) is 0 Å². The molecule has 2 aromatic carbocycles. The van der Waals surface area contributed by atoms with Crippen LogP contribution in [0.15, 0.2) is 54.1 Å². The highest BCUT2D eigenvalue weighted by Gasteiger charge is 2.37. The zero-order valence-electron chi connectivity index (χ0n) is 16.2. The van der Waals surface area contributed by atoms with Crippen molar-refractivity contribution in [2.45, 2.75) is 19.4 Å². The minimum atomic E-state index is -1.20. The van der Waals surface area contributed by atoms with E-state index in [1.807, 2.05) is 63.2 Å². The summed E-state index contributed by atoms with van der Waals surface area (Å²) in [4.78, 5) is 2.04. The minimum absolute atomic E-state index is 0.0857. The highest BCUT2D eigenvalue weighted by molar-refractivity contribution is 5.57. The lowest BCUT2D eigenvalue weighted by molar-refractivity contribution is 0.0105. The summed E-state index contributed by atoms with van der Waals surface area (Å²) >= 11 is 0. The van der Waals surface area contributed by atoms with Crippen LogP contribution in [0.5, 0.6) is 5.75 Å². The number of nitrogens with zero attached hydrogens (tertiary/aromatic N) is 1. The van der Waals surface area contributed by atoms with E-state index in [-0.39, 0.29) is 11.7 Å². The molecule has 0 aliphatic heterocycles. The maximum atomic E-state index is 13.4. The maximum absolute atomic E-state index is 13.4. The highest BCUT2D eigenvalue weighted by Crippen LogP contribution is 2.38. The third-order valence-electron chi connectivity index (χ3n) is 4.74. The summed E-state index contributed by atoms with van der Waals surface area (Å²) in [5.41, 5.74) is 1.28. The van der Waals surface area contributed by atoms with Crippen molar-refractivity contribution in [3.63, 3.8) is 0 Å². The third kappa shape index (κ3) is 4.51. The van der Waals surface area contributed by atoms with Gasteiger partial charge in [-0.05, 0) is 62.0 Å². The third-order valence-corrected chi connectivity index (χ3v) is 4.74. The molecule has 0 saturated carbocycles. The van der Waals surface area contributed by atoms with Crippen LogP contribution in [0.4, 0.5) is 4.39 Å². The first-order valence-corrected chi connectivity index (χ1v) is 8.73. The van der Waals surface area contributed by atoms with Crippen molar-refractivity contribution < 1.29 is 14.2 Å². The van der Waals surface area contributed by atoms with Crippen LogP contribution in [-0.4, -0.2) is 37.8 Å². The molecule has 3 nitrogen and oxygen atoms in total. The molecule has 0 aromatic heterocycles. The van der Waals surface area contributed by atoms with Crippen molar-refractivity contribution in [1.82, 2.24) is 4.90 Å². The predicted octanol–water partition coefficient (Wildman–Crippen LogP) is 4.32. The van der Waals surface area contributed by atoms with Crippen LogP contribution in [0, 0.1) is 11.7 Å². The molecule has 2 rings (SSSR count). The second-order valence-electron chi connectivity index (χ2n) is 7.04. The summed E-state index contributed by atoms with van der Waals surface area (Å²) in [6.07, 6.45) is 1.97. The van der Waals surface area contributed by atoms with E-state index in [4.69, 9.17) is 4.74 Å². The molecular weight excluding hydrogens is 329 g/mol. The van der Waals surface area contributed by atoms with Gasteiger partial charge in [0.1, 0.15) is 17.2 Å². The molecule has 0 heterocycles. The number of methoxy groups -OCH3 is 1. The molecule has 4 heteroatoms. The molecular formula is C22H28FNO2. The van der Waals surface area contributed by atoms with Gasteiger partial charge in [0.05, 0.1) is 7.11 Å². The highest BCUT2D eigenvalue weighted by atomic mass is 19.1. The SMILES string of the molecule is COc1ccc(C=C(C)C(O)(c2ccc(F)cc2)C(C)CN(C)C)cc1. The number of hydrogen-bond donors (Lipinski definition) is 1. The van der Waals surface area contributed by atoms with E-state index in [0.29, 0.717) is 12.1 Å². The Bertz CT molecular complexity index is 738. The molecule has 0 amide bonds. The molecule has 0 aliphatic carbocycles. The van der Waals surface area contributed by atoms with E-state index in [0.717, 1.165) is 16.9 Å². The first-order chi connectivity index (χ1) is 12.3. The van der Waals surface area contributed by atoms with Gasteiger partial charge in [-0.25, -0.2) is 4.39 Å². The molecule has 2 aromatic rings. The van der Waals surface area contributed by atoms with Crippen molar-refractivity contribution in [3.8, 4) is 5.75 Å². The Morgan fingerprint density at radius 1 is 1.15 bits per heavy atom. The number of rotatable bonds is 7. The second-order valence-corrected chi connectivity index (χ2v) is 7.04. The van der Waals surface area contributed by atoms with E-state index >= 15 is 0 Å². The van der Waals surface area contributed by atoms with Crippen molar-refractivity contribution in [2.75, 3.05) is 27.7 Å². The van der Waals surface area contributed by atoms with Crippen molar-refractivity contribution in [3.05, 3.63) is 71.0 Å². The molecule has 0 aliphatic rings. The lowest BCUT2D eigenvalue weighted by Crippen LogP contribution is -2.40. The summed E-state index contributed by atoms with van der Waals surface area (Å²) in [6.45, 7) is 4.62. The van der Waals surface area contributed by atoms with Crippen LogP contribution in [0.25, 0.3) is 6.08 Å². The molecule has 0 spiro atoms. The fourth-order valence-electron chi connectivity index (χ4n) is 3.34. The van der Waals surface area contributed by atoms with E-state index in [1.165, 1.54) is 12.1 Å². The first-order valence-electron chi connectivity index (χ1n) is 8.73. The zero-order valence-corrected chi connectivity index (χ0v) is 16.2. The Hall–Kier alpha value is -2.17. The van der Waals surface area contributed by atoms with Crippen molar-refractivity contribution in [1.29, 1.82) is 0 Å². The average Bonchev–Trinajstić information content (AvgIpc) is 2.61. The maximum Gasteiger partial charge on any atom is 0.123 e. The Labute approximate surface area is 155 Å². The van der Waals surface area contributed by atoms with Crippen molar-refractivity contribution >= 4 is 6.08 Å². The van der Waals surface area contributed by atoms with Crippen LogP contribution in [0.3, 0.4) is 0 Å². The lowest BCUT2D eigenvalue weighted by atomic mass is 9.76. The number of hydrogen-bond acceptors (Lipinski definition) is 3. The average molecular weight is 357 g/mol. The lowest BCUT2D eigenvalue weighted by Gasteiger charge is -2.37. The molecule has 26 heavy (non-hydrogen) atoms. The summed E-state index contributed by atoms with van der Waals surface area (Å²) in [7, 11) is 5.58. The summed E-state index contributed by atoms with van der Waals surface area (Å²) < 4.78 is 18.6. The quantitative estimate of drug-likeness (QED) is 0.801. The van der Waals surface area contributed by atoms with Gasteiger partial charge in [-0.3, -0.25) is 0 Å². The van der Waals surface area contributed by atoms with Crippen molar-refractivity contribution in [2.24, 2.45) is 5.92 Å². The molecule has 140 valence electrons. The number of ether oxygens (including phenoxy) is 1. The first kappa shape index (κ1) is 20.1. The van der Waals surface area contributed by atoms with Gasteiger partial charge < -0.3 is 14.7 Å². The smallest absolute Gasteiger partial charge is 0.123 e. The van der Waals surface area contributed by atoms with Crippen LogP contribution >= 0.6 is 0 Å². The molecule has 0 saturated heterocycles. The fourth-order valence-corrected chi connectivity index (χ4v) is 3.34. The van der Waals surface area contributed by atoms with E-state index < -0.39 is 5.60 Å². The molecule has 1 N–H and O–H groups in total. The second kappa shape index (κ2) is 8.47. The minimum Gasteiger partial charge on any atom is -0.497 e. The van der Waals surface area contributed by atoms with Gasteiger partial charge in [-0.1, -0.05) is 37.3 Å². The van der Waals surface area contributed by atoms with Gasteiger partial charge in [0, 0.05) is 12.5 Å². The van der Waals surface area contributed by atoms with Gasteiger partial charge in [0.2, 0.25) is 0 Å². The normalized spacial score (nSPS) is 15.6. The summed E-state index contributed by atoms with van der Waals surface area (Å²) in [5.74, 6) is 0.389. The number of halogens is 1. The van der Waals surface area contributed by atoms with Crippen LogP contribution < -0.4 is 4.74 Å². The van der Waals surface area contributed by atoms with E-state index in [9.17, 15) is 9.50 Å². The Morgan fingerprint density at radius 3 is 2.23 bits per heavy atom. The topological polar surface area (TPSA) is 32.7 Å². The Balaban J connectivity index is 2.47. The Morgan fingerprint density at radius 2 is 1.73 bits per heavy atom. The van der Waals surface area contributed by atoms with Crippen LogP contribution in [0.2, 0.25) is 0 Å². The molecule has 0 bridgehead atoms. The van der Waals surface area contributed by atoms with Gasteiger partial charge in [-0.15, -0.1) is 0 Å². The predicted molar refractivity (Wildman–Crippen MR) is 105 cm³/mol. The Kier molecular flexibility index (Phi) is 6.57. The summed E-state index contributed by atoms with van der Waals surface area (Å²) in [5, 5.41) is 11.7.